The Morgan fingerprint density at radius 2 is 2.35 bits per heavy atom. The quantitative estimate of drug-likeness (QED) is 0.931. The van der Waals surface area contributed by atoms with Crippen LogP contribution in [0, 0.1) is 5.92 Å². The molecule has 0 aliphatic heterocycles. The van der Waals surface area contributed by atoms with Crippen molar-refractivity contribution in [2.24, 2.45) is 5.92 Å². The van der Waals surface area contributed by atoms with E-state index in [1.165, 1.54) is 19.3 Å². The third-order valence-electron chi connectivity index (χ3n) is 3.22. The topological polar surface area (TPSA) is 59.2 Å². The minimum absolute atomic E-state index is 0.0526. The molecule has 1 heterocycles. The van der Waals surface area contributed by atoms with Gasteiger partial charge in [-0.2, -0.15) is 0 Å². The lowest BCUT2D eigenvalue weighted by Gasteiger charge is -2.30. The van der Waals surface area contributed by atoms with Gasteiger partial charge in [0.1, 0.15) is 5.82 Å². The van der Waals surface area contributed by atoms with Crippen molar-refractivity contribution >= 4 is 27.7 Å². The van der Waals surface area contributed by atoms with Crippen LogP contribution in [-0.4, -0.2) is 29.4 Å². The summed E-state index contributed by atoms with van der Waals surface area (Å²) in [5.41, 5.74) is 6.20. The monoisotopic (exact) mass is 297 g/mol. The molecule has 5 heteroatoms. The van der Waals surface area contributed by atoms with Gasteiger partial charge in [-0.1, -0.05) is 6.42 Å². The van der Waals surface area contributed by atoms with E-state index in [9.17, 15) is 4.79 Å². The van der Waals surface area contributed by atoms with Crippen LogP contribution in [0.1, 0.15) is 29.6 Å². The van der Waals surface area contributed by atoms with Crippen LogP contribution in [0.15, 0.2) is 16.7 Å². The Hall–Kier alpha value is -1.10. The zero-order chi connectivity index (χ0) is 12.4. The summed E-state index contributed by atoms with van der Waals surface area (Å²) in [5.74, 6) is 0.896. The van der Waals surface area contributed by atoms with E-state index in [0.29, 0.717) is 17.3 Å². The zero-order valence-electron chi connectivity index (χ0n) is 9.82. The van der Waals surface area contributed by atoms with Gasteiger partial charge in [0.05, 0.1) is 5.56 Å². The second-order valence-electron chi connectivity index (χ2n) is 4.57. The van der Waals surface area contributed by atoms with E-state index in [2.05, 4.69) is 20.9 Å². The van der Waals surface area contributed by atoms with Crippen molar-refractivity contribution in [3.05, 3.63) is 22.3 Å². The van der Waals surface area contributed by atoms with Gasteiger partial charge < -0.3 is 10.6 Å². The Kier molecular flexibility index (Phi) is 3.66. The molecule has 1 aromatic rings. The molecule has 2 rings (SSSR count). The number of hydrogen-bond acceptors (Lipinski definition) is 3. The highest BCUT2D eigenvalue weighted by Crippen LogP contribution is 2.27. The summed E-state index contributed by atoms with van der Waals surface area (Å²) < 4.78 is 0.770. The normalized spacial score (nSPS) is 15.4. The van der Waals surface area contributed by atoms with Crippen molar-refractivity contribution in [1.29, 1.82) is 0 Å². The number of nitrogens with two attached hydrogens (primary N) is 1. The predicted octanol–water partition coefficient (Wildman–Crippen LogP) is 2.30. The standard InChI is InChI=1S/C12H16BrN3O/c1-16(7-8-3-2-4-8)12(17)10-5-9(13)6-15-11(10)14/h5-6,8H,2-4,7H2,1H3,(H2,14,15). The molecule has 0 radical (unpaired) electrons. The number of carbonyl (C=O) groups excluding carboxylic acids is 1. The highest BCUT2D eigenvalue weighted by atomic mass is 79.9. The second kappa shape index (κ2) is 5.04. The first kappa shape index (κ1) is 12.4. The van der Waals surface area contributed by atoms with E-state index in [0.717, 1.165) is 11.0 Å². The molecular weight excluding hydrogens is 282 g/mol. The molecular formula is C12H16BrN3O. The van der Waals surface area contributed by atoms with E-state index in [4.69, 9.17) is 5.73 Å². The molecule has 0 bridgehead atoms. The Bertz CT molecular complexity index is 432. The van der Waals surface area contributed by atoms with Gasteiger partial charge in [0, 0.05) is 24.3 Å². The number of pyridine rings is 1. The molecule has 0 unspecified atom stereocenters. The largest absolute Gasteiger partial charge is 0.383 e. The average molecular weight is 298 g/mol. The number of hydrogen-bond donors (Lipinski definition) is 1. The molecule has 1 saturated carbocycles. The van der Waals surface area contributed by atoms with Crippen LogP contribution < -0.4 is 5.73 Å². The van der Waals surface area contributed by atoms with E-state index in [1.807, 2.05) is 7.05 Å². The van der Waals surface area contributed by atoms with Gasteiger partial charge in [-0.05, 0) is 40.8 Å². The summed E-state index contributed by atoms with van der Waals surface area (Å²) in [5, 5.41) is 0. The van der Waals surface area contributed by atoms with Gasteiger partial charge in [0.15, 0.2) is 0 Å². The molecule has 0 aromatic carbocycles. The zero-order valence-corrected chi connectivity index (χ0v) is 11.4. The van der Waals surface area contributed by atoms with Crippen LogP contribution in [0.5, 0.6) is 0 Å². The maximum atomic E-state index is 12.2. The highest BCUT2D eigenvalue weighted by molar-refractivity contribution is 9.10. The maximum absolute atomic E-state index is 12.2. The number of carbonyl (C=O) groups is 1. The first-order chi connectivity index (χ1) is 8.08. The van der Waals surface area contributed by atoms with E-state index in [-0.39, 0.29) is 5.91 Å². The number of halogens is 1. The summed E-state index contributed by atoms with van der Waals surface area (Å²) in [6.07, 6.45) is 5.33. The number of nitrogens with zero attached hydrogens (tertiary/aromatic N) is 2. The van der Waals surface area contributed by atoms with Crippen molar-refractivity contribution in [2.45, 2.75) is 19.3 Å². The van der Waals surface area contributed by atoms with Gasteiger partial charge in [0.2, 0.25) is 0 Å². The van der Waals surface area contributed by atoms with Crippen molar-refractivity contribution in [3.8, 4) is 0 Å². The third kappa shape index (κ3) is 2.77. The molecule has 1 aliphatic carbocycles. The smallest absolute Gasteiger partial charge is 0.257 e. The SMILES string of the molecule is CN(CC1CCC1)C(=O)c1cc(Br)cnc1N. The van der Waals surface area contributed by atoms with Crippen molar-refractivity contribution in [1.82, 2.24) is 9.88 Å². The fraction of sp³-hybridized carbons (Fsp3) is 0.500. The molecule has 1 amide bonds. The fourth-order valence-electron chi connectivity index (χ4n) is 1.97. The fourth-order valence-corrected chi connectivity index (χ4v) is 2.30. The molecule has 4 nitrogen and oxygen atoms in total. The number of amides is 1. The van der Waals surface area contributed by atoms with E-state index in [1.54, 1.807) is 17.2 Å². The molecule has 92 valence electrons. The molecule has 17 heavy (non-hydrogen) atoms. The van der Waals surface area contributed by atoms with Gasteiger partial charge in [-0.25, -0.2) is 4.98 Å². The van der Waals surface area contributed by atoms with Crippen molar-refractivity contribution < 1.29 is 4.79 Å². The van der Waals surface area contributed by atoms with Gasteiger partial charge in [-0.3, -0.25) is 4.79 Å². The molecule has 0 spiro atoms. The first-order valence-corrected chi connectivity index (χ1v) is 6.53. The first-order valence-electron chi connectivity index (χ1n) is 5.74. The van der Waals surface area contributed by atoms with Gasteiger partial charge in [-0.15, -0.1) is 0 Å². The Balaban J connectivity index is 2.09. The van der Waals surface area contributed by atoms with Crippen LogP contribution in [0.3, 0.4) is 0 Å². The lowest BCUT2D eigenvalue weighted by Crippen LogP contribution is -2.34. The van der Waals surface area contributed by atoms with E-state index >= 15 is 0 Å². The molecule has 0 saturated heterocycles. The molecule has 2 N–H and O–H groups in total. The predicted molar refractivity (Wildman–Crippen MR) is 70.7 cm³/mol. The average Bonchev–Trinajstić information content (AvgIpc) is 2.25. The molecule has 1 aromatic heterocycles. The van der Waals surface area contributed by atoms with Crippen LogP contribution >= 0.6 is 15.9 Å². The number of nitrogen functional groups attached to an aromatic ring is 1. The van der Waals surface area contributed by atoms with Gasteiger partial charge >= 0.3 is 0 Å². The number of aromatic nitrogens is 1. The number of anilines is 1. The lowest BCUT2D eigenvalue weighted by atomic mass is 9.85. The summed E-state index contributed by atoms with van der Waals surface area (Å²) in [6.45, 7) is 0.810. The number of rotatable bonds is 3. The van der Waals surface area contributed by atoms with Crippen LogP contribution in [-0.2, 0) is 0 Å². The summed E-state index contributed by atoms with van der Waals surface area (Å²) in [4.78, 5) is 17.9. The lowest BCUT2D eigenvalue weighted by molar-refractivity contribution is 0.0746. The molecule has 0 atom stereocenters. The Morgan fingerprint density at radius 1 is 1.65 bits per heavy atom. The van der Waals surface area contributed by atoms with Crippen molar-refractivity contribution in [3.63, 3.8) is 0 Å². The van der Waals surface area contributed by atoms with Crippen LogP contribution in [0.4, 0.5) is 5.82 Å². The summed E-state index contributed by atoms with van der Waals surface area (Å²) in [6, 6.07) is 1.72. The van der Waals surface area contributed by atoms with Crippen molar-refractivity contribution in [2.75, 3.05) is 19.3 Å². The second-order valence-corrected chi connectivity index (χ2v) is 5.48. The molecule has 1 aliphatic rings. The third-order valence-corrected chi connectivity index (χ3v) is 3.65. The minimum Gasteiger partial charge on any atom is -0.383 e. The van der Waals surface area contributed by atoms with Crippen LogP contribution in [0.25, 0.3) is 0 Å². The summed E-state index contributed by atoms with van der Waals surface area (Å²) >= 11 is 3.30. The highest BCUT2D eigenvalue weighted by Gasteiger charge is 2.23. The minimum atomic E-state index is -0.0526. The molecule has 1 fully saturated rings. The van der Waals surface area contributed by atoms with E-state index < -0.39 is 0 Å². The van der Waals surface area contributed by atoms with Gasteiger partial charge in [0.25, 0.3) is 5.91 Å². The van der Waals surface area contributed by atoms with Crippen LogP contribution in [0.2, 0.25) is 0 Å². The Morgan fingerprint density at radius 3 is 2.94 bits per heavy atom. The maximum Gasteiger partial charge on any atom is 0.257 e. The summed E-state index contributed by atoms with van der Waals surface area (Å²) in [7, 11) is 1.82. The Labute approximate surface area is 109 Å².